The molecule has 4 rings (SSSR count). The molecule has 1 fully saturated rings. The van der Waals surface area contributed by atoms with Gasteiger partial charge in [-0.2, -0.15) is 5.10 Å². The van der Waals surface area contributed by atoms with Crippen LogP contribution in [-0.4, -0.2) is 45.2 Å². The second-order valence-corrected chi connectivity index (χ2v) is 7.54. The second kappa shape index (κ2) is 8.48. The third-order valence-corrected chi connectivity index (χ3v) is 5.63. The Labute approximate surface area is 160 Å². The van der Waals surface area contributed by atoms with Gasteiger partial charge in [-0.3, -0.25) is 9.78 Å². The summed E-state index contributed by atoms with van der Waals surface area (Å²) >= 11 is 0. The molecule has 2 aliphatic rings. The molecule has 0 radical (unpaired) electrons. The fourth-order valence-electron chi connectivity index (χ4n) is 4.12. The summed E-state index contributed by atoms with van der Waals surface area (Å²) < 4.78 is 1.98. The highest BCUT2D eigenvalue weighted by molar-refractivity contribution is 6.03. The highest BCUT2D eigenvalue weighted by Crippen LogP contribution is 2.27. The summed E-state index contributed by atoms with van der Waals surface area (Å²) in [6.07, 6.45) is 15.6. The molecule has 0 spiro atoms. The van der Waals surface area contributed by atoms with Gasteiger partial charge in [0.25, 0.3) is 5.91 Å². The molecule has 1 saturated heterocycles. The van der Waals surface area contributed by atoms with E-state index < -0.39 is 0 Å². The van der Waals surface area contributed by atoms with Crippen LogP contribution in [0.3, 0.4) is 0 Å². The van der Waals surface area contributed by atoms with Gasteiger partial charge < -0.3 is 10.2 Å². The molecule has 6 nitrogen and oxygen atoms in total. The first-order valence-electron chi connectivity index (χ1n) is 9.92. The third-order valence-electron chi connectivity index (χ3n) is 5.63. The summed E-state index contributed by atoms with van der Waals surface area (Å²) in [6.45, 7) is 3.40. The van der Waals surface area contributed by atoms with Crippen LogP contribution < -0.4 is 5.32 Å². The highest BCUT2D eigenvalue weighted by Gasteiger charge is 2.25. The number of hydrogen-bond acceptors (Lipinski definition) is 4. The van der Waals surface area contributed by atoms with Gasteiger partial charge in [0.2, 0.25) is 0 Å². The fourth-order valence-corrected chi connectivity index (χ4v) is 4.12. The predicted molar refractivity (Wildman–Crippen MR) is 106 cm³/mol. The minimum atomic E-state index is -0.146. The molecule has 1 amide bonds. The molecule has 6 heteroatoms. The lowest BCUT2D eigenvalue weighted by Gasteiger charge is -2.35. The number of carbonyl (C=O) groups excluding carboxylic acids is 1. The molecular weight excluding hydrogens is 338 g/mol. The molecule has 0 saturated carbocycles. The Morgan fingerprint density at radius 3 is 2.78 bits per heavy atom. The molecule has 142 valence electrons. The summed E-state index contributed by atoms with van der Waals surface area (Å²) in [5, 5.41) is 7.47. The van der Waals surface area contributed by atoms with Crippen LogP contribution in [0.25, 0.3) is 0 Å². The van der Waals surface area contributed by atoms with E-state index in [1.807, 2.05) is 10.7 Å². The molecule has 1 aliphatic carbocycles. The summed E-state index contributed by atoms with van der Waals surface area (Å²) in [4.78, 5) is 19.0. The number of amides is 1. The number of nitrogens with zero attached hydrogens (tertiary/aromatic N) is 4. The number of anilines is 1. The monoisotopic (exact) mass is 365 g/mol. The van der Waals surface area contributed by atoms with E-state index in [0.29, 0.717) is 11.6 Å². The van der Waals surface area contributed by atoms with E-state index in [9.17, 15) is 4.79 Å². The lowest BCUT2D eigenvalue weighted by molar-refractivity contribution is 0.102. The van der Waals surface area contributed by atoms with E-state index in [2.05, 4.69) is 32.5 Å². The van der Waals surface area contributed by atoms with Crippen molar-refractivity contribution in [3.63, 3.8) is 0 Å². The van der Waals surface area contributed by atoms with Crippen LogP contribution in [0.4, 0.5) is 5.82 Å². The zero-order valence-electron chi connectivity index (χ0n) is 15.6. The van der Waals surface area contributed by atoms with Gasteiger partial charge in [0.05, 0.1) is 17.8 Å². The molecular formula is C21H27N5O. The number of nitrogens with one attached hydrogen (secondary N) is 1. The number of hydrogen-bond donors (Lipinski definition) is 1. The smallest absolute Gasteiger partial charge is 0.258 e. The van der Waals surface area contributed by atoms with Crippen molar-refractivity contribution in [2.24, 2.45) is 5.92 Å². The van der Waals surface area contributed by atoms with Gasteiger partial charge >= 0.3 is 0 Å². The van der Waals surface area contributed by atoms with Crippen molar-refractivity contribution >= 4 is 11.7 Å². The zero-order chi connectivity index (χ0) is 18.5. The minimum absolute atomic E-state index is 0.146. The Bertz CT molecular complexity index is 777. The second-order valence-electron chi connectivity index (χ2n) is 7.54. The van der Waals surface area contributed by atoms with Gasteiger partial charge in [0.15, 0.2) is 0 Å². The average Bonchev–Trinajstić information content (AvgIpc) is 3.18. The largest absolute Gasteiger partial charge is 0.307 e. The third kappa shape index (κ3) is 4.45. The van der Waals surface area contributed by atoms with Crippen LogP contribution in [0.1, 0.15) is 48.5 Å². The summed E-state index contributed by atoms with van der Waals surface area (Å²) in [5.41, 5.74) is 0.557. The number of piperidine rings is 1. The molecule has 0 aromatic carbocycles. The van der Waals surface area contributed by atoms with E-state index in [0.717, 1.165) is 37.7 Å². The molecule has 1 aliphatic heterocycles. The van der Waals surface area contributed by atoms with Crippen LogP contribution >= 0.6 is 0 Å². The standard InChI is InChI=1S/C21H27N5O/c27-21(18-7-4-11-22-15-18)24-20-8-12-23-26(20)19-9-13-25(14-10-19)16-17-5-2-1-3-6-17/h1-2,4,7-8,11-12,15,17,19H,3,5-6,9-10,13-14,16H2,(H,24,27). The van der Waals surface area contributed by atoms with Crippen molar-refractivity contribution in [1.82, 2.24) is 19.7 Å². The van der Waals surface area contributed by atoms with E-state index in [1.165, 1.54) is 25.8 Å². The van der Waals surface area contributed by atoms with Crippen molar-refractivity contribution in [2.45, 2.75) is 38.1 Å². The fraction of sp³-hybridized carbons (Fsp3) is 0.476. The molecule has 27 heavy (non-hydrogen) atoms. The first-order chi connectivity index (χ1) is 13.3. The molecule has 1 atom stereocenters. The lowest BCUT2D eigenvalue weighted by Crippen LogP contribution is -2.38. The van der Waals surface area contributed by atoms with Crippen LogP contribution in [0.15, 0.2) is 48.9 Å². The van der Waals surface area contributed by atoms with Crippen LogP contribution in [0, 0.1) is 5.92 Å². The Kier molecular flexibility index (Phi) is 5.63. The molecule has 0 bridgehead atoms. The maximum absolute atomic E-state index is 12.4. The highest BCUT2D eigenvalue weighted by atomic mass is 16.1. The maximum atomic E-state index is 12.4. The van der Waals surface area contributed by atoms with E-state index in [1.54, 1.807) is 30.7 Å². The van der Waals surface area contributed by atoms with Gasteiger partial charge in [0, 0.05) is 38.1 Å². The van der Waals surface area contributed by atoms with Gasteiger partial charge in [0.1, 0.15) is 5.82 Å². The van der Waals surface area contributed by atoms with Gasteiger partial charge in [-0.05, 0) is 50.2 Å². The van der Waals surface area contributed by atoms with E-state index >= 15 is 0 Å². The normalized spacial score (nSPS) is 21.3. The van der Waals surface area contributed by atoms with Crippen molar-refractivity contribution in [3.05, 3.63) is 54.5 Å². The van der Waals surface area contributed by atoms with Crippen molar-refractivity contribution < 1.29 is 4.79 Å². The number of rotatable bonds is 5. The van der Waals surface area contributed by atoms with E-state index in [4.69, 9.17) is 0 Å². The molecule has 1 N–H and O–H groups in total. The Morgan fingerprint density at radius 1 is 1.15 bits per heavy atom. The SMILES string of the molecule is O=C(Nc1ccnn1C1CCN(CC2CC=CCC2)CC1)c1cccnc1. The quantitative estimate of drug-likeness (QED) is 0.824. The number of likely N-dealkylation sites (tertiary alicyclic amines) is 1. The summed E-state index contributed by atoms with van der Waals surface area (Å²) in [7, 11) is 0. The number of carbonyl (C=O) groups is 1. The first kappa shape index (κ1) is 17.9. The number of aromatic nitrogens is 3. The van der Waals surface area contributed by atoms with Crippen molar-refractivity contribution in [2.75, 3.05) is 25.0 Å². The Morgan fingerprint density at radius 2 is 2.04 bits per heavy atom. The predicted octanol–water partition coefficient (Wildman–Crippen LogP) is 3.52. The molecule has 2 aromatic rings. The molecule has 2 aromatic heterocycles. The maximum Gasteiger partial charge on any atom is 0.258 e. The van der Waals surface area contributed by atoms with Gasteiger partial charge in [-0.25, -0.2) is 4.68 Å². The van der Waals surface area contributed by atoms with Crippen LogP contribution in [0.2, 0.25) is 0 Å². The Hall–Kier alpha value is -2.47. The zero-order valence-corrected chi connectivity index (χ0v) is 15.6. The van der Waals surface area contributed by atoms with E-state index in [-0.39, 0.29) is 5.91 Å². The van der Waals surface area contributed by atoms with Crippen molar-refractivity contribution in [3.8, 4) is 0 Å². The van der Waals surface area contributed by atoms with Crippen LogP contribution in [-0.2, 0) is 0 Å². The lowest BCUT2D eigenvalue weighted by atomic mass is 9.93. The van der Waals surface area contributed by atoms with Gasteiger partial charge in [-0.15, -0.1) is 0 Å². The first-order valence-corrected chi connectivity index (χ1v) is 9.92. The number of pyridine rings is 1. The minimum Gasteiger partial charge on any atom is -0.307 e. The summed E-state index contributed by atoms with van der Waals surface area (Å²) in [6, 6.07) is 5.74. The summed E-state index contributed by atoms with van der Waals surface area (Å²) in [5.74, 6) is 1.43. The van der Waals surface area contributed by atoms with Gasteiger partial charge in [-0.1, -0.05) is 12.2 Å². The molecule has 3 heterocycles. The topological polar surface area (TPSA) is 63.1 Å². The number of allylic oxidation sites excluding steroid dienone is 2. The van der Waals surface area contributed by atoms with Crippen LogP contribution in [0.5, 0.6) is 0 Å². The Balaban J connectivity index is 1.33. The molecule has 1 unspecified atom stereocenters. The van der Waals surface area contributed by atoms with Crippen molar-refractivity contribution in [1.29, 1.82) is 0 Å². The average molecular weight is 365 g/mol.